The molecule has 0 spiro atoms. The van der Waals surface area contributed by atoms with Crippen LogP contribution in [0.25, 0.3) is 0 Å². The van der Waals surface area contributed by atoms with Crippen LogP contribution >= 0.6 is 0 Å². The second kappa shape index (κ2) is 7.46. The smallest absolute Gasteiger partial charge is 0.0693 e. The van der Waals surface area contributed by atoms with Gasteiger partial charge in [0.2, 0.25) is 0 Å². The van der Waals surface area contributed by atoms with Crippen molar-refractivity contribution in [1.29, 1.82) is 0 Å². The standard InChI is InChI=1S/C15H30N2O/c1-2-17-10-8-13(9-11-17)12-16-14-6-4-3-5-7-15(14)18/h13-16,18H,2-12H2,1H3. The fraction of sp³-hybridized carbons (Fsp3) is 1.00. The van der Waals surface area contributed by atoms with Crippen molar-refractivity contribution in [3.05, 3.63) is 0 Å². The summed E-state index contributed by atoms with van der Waals surface area (Å²) in [7, 11) is 0. The lowest BCUT2D eigenvalue weighted by molar-refractivity contribution is 0.112. The Balaban J connectivity index is 1.67. The van der Waals surface area contributed by atoms with E-state index in [0.29, 0.717) is 6.04 Å². The van der Waals surface area contributed by atoms with Crippen LogP contribution in [0.1, 0.15) is 51.9 Å². The fourth-order valence-electron chi connectivity index (χ4n) is 3.35. The number of aliphatic hydroxyl groups excluding tert-OH is 1. The third-order valence-electron chi connectivity index (χ3n) is 4.80. The van der Waals surface area contributed by atoms with Crippen LogP contribution < -0.4 is 5.32 Å². The lowest BCUT2D eigenvalue weighted by Gasteiger charge is -2.32. The van der Waals surface area contributed by atoms with E-state index in [-0.39, 0.29) is 6.10 Å². The lowest BCUT2D eigenvalue weighted by Crippen LogP contribution is -2.44. The Labute approximate surface area is 112 Å². The highest BCUT2D eigenvalue weighted by Crippen LogP contribution is 2.20. The van der Waals surface area contributed by atoms with Crippen molar-refractivity contribution >= 4 is 0 Å². The molecule has 18 heavy (non-hydrogen) atoms. The molecule has 0 aromatic rings. The highest BCUT2D eigenvalue weighted by molar-refractivity contribution is 4.81. The zero-order valence-electron chi connectivity index (χ0n) is 11.9. The van der Waals surface area contributed by atoms with E-state index < -0.39 is 0 Å². The number of aliphatic hydroxyl groups is 1. The molecule has 3 nitrogen and oxygen atoms in total. The Bertz CT molecular complexity index is 227. The number of nitrogens with zero attached hydrogens (tertiary/aromatic N) is 1. The number of hydrogen-bond acceptors (Lipinski definition) is 3. The van der Waals surface area contributed by atoms with Crippen LogP contribution in [0.15, 0.2) is 0 Å². The molecule has 2 atom stereocenters. The van der Waals surface area contributed by atoms with Crippen molar-refractivity contribution in [2.45, 2.75) is 64.0 Å². The molecule has 0 aromatic heterocycles. The summed E-state index contributed by atoms with van der Waals surface area (Å²) >= 11 is 0. The highest BCUT2D eigenvalue weighted by atomic mass is 16.3. The van der Waals surface area contributed by atoms with Gasteiger partial charge in [-0.25, -0.2) is 0 Å². The minimum absolute atomic E-state index is 0.108. The SMILES string of the molecule is CCN1CCC(CNC2CCCCCC2O)CC1. The van der Waals surface area contributed by atoms with Gasteiger partial charge in [0.25, 0.3) is 0 Å². The second-order valence-electron chi connectivity index (χ2n) is 6.10. The number of piperidine rings is 1. The van der Waals surface area contributed by atoms with E-state index in [4.69, 9.17) is 0 Å². The largest absolute Gasteiger partial charge is 0.392 e. The first-order chi connectivity index (χ1) is 8.79. The topological polar surface area (TPSA) is 35.5 Å². The van der Waals surface area contributed by atoms with Gasteiger partial charge in [-0.2, -0.15) is 0 Å². The van der Waals surface area contributed by atoms with E-state index in [1.165, 1.54) is 51.7 Å². The van der Waals surface area contributed by atoms with Crippen LogP contribution in [-0.2, 0) is 0 Å². The van der Waals surface area contributed by atoms with Crippen LogP contribution in [0, 0.1) is 5.92 Å². The van der Waals surface area contributed by atoms with E-state index in [1.54, 1.807) is 0 Å². The monoisotopic (exact) mass is 254 g/mol. The van der Waals surface area contributed by atoms with Gasteiger partial charge in [0, 0.05) is 6.04 Å². The Morgan fingerprint density at radius 1 is 1.06 bits per heavy atom. The summed E-state index contributed by atoms with van der Waals surface area (Å²) in [6.07, 6.45) is 8.47. The van der Waals surface area contributed by atoms with E-state index >= 15 is 0 Å². The molecule has 0 amide bonds. The van der Waals surface area contributed by atoms with Crippen LogP contribution in [0.3, 0.4) is 0 Å². The van der Waals surface area contributed by atoms with Crippen molar-refractivity contribution in [2.24, 2.45) is 5.92 Å². The maximum atomic E-state index is 10.1. The predicted octanol–water partition coefficient (Wildman–Crippen LogP) is 2.00. The third kappa shape index (κ3) is 4.22. The molecule has 2 rings (SSSR count). The summed E-state index contributed by atoms with van der Waals surface area (Å²) in [5.41, 5.74) is 0. The number of rotatable bonds is 4. The van der Waals surface area contributed by atoms with Gasteiger partial charge in [-0.15, -0.1) is 0 Å². The Hall–Kier alpha value is -0.120. The van der Waals surface area contributed by atoms with Crippen LogP contribution in [0.5, 0.6) is 0 Å². The van der Waals surface area contributed by atoms with Crippen LogP contribution in [0.4, 0.5) is 0 Å². The van der Waals surface area contributed by atoms with Crippen molar-refractivity contribution < 1.29 is 5.11 Å². The maximum Gasteiger partial charge on any atom is 0.0693 e. The molecule has 3 heteroatoms. The van der Waals surface area contributed by atoms with Gasteiger partial charge in [0.05, 0.1) is 6.10 Å². The summed E-state index contributed by atoms with van der Waals surface area (Å²) in [6, 6.07) is 0.358. The summed E-state index contributed by atoms with van der Waals surface area (Å²) in [5.74, 6) is 0.822. The average Bonchev–Trinajstić information content (AvgIpc) is 2.62. The molecule has 1 aliphatic carbocycles. The lowest BCUT2D eigenvalue weighted by atomic mass is 9.95. The molecule has 2 fully saturated rings. The molecule has 106 valence electrons. The van der Waals surface area contributed by atoms with Gasteiger partial charge >= 0.3 is 0 Å². The van der Waals surface area contributed by atoms with Gasteiger partial charge < -0.3 is 15.3 Å². The first-order valence-corrected chi connectivity index (χ1v) is 7.93. The van der Waals surface area contributed by atoms with Crippen molar-refractivity contribution in [2.75, 3.05) is 26.2 Å². The number of nitrogens with one attached hydrogen (secondary N) is 1. The normalized spacial score (nSPS) is 32.3. The Morgan fingerprint density at radius 3 is 2.50 bits per heavy atom. The highest BCUT2D eigenvalue weighted by Gasteiger charge is 2.23. The molecule has 1 saturated heterocycles. The second-order valence-corrected chi connectivity index (χ2v) is 6.10. The summed E-state index contributed by atoms with van der Waals surface area (Å²) in [6.45, 7) is 7.08. The fourth-order valence-corrected chi connectivity index (χ4v) is 3.35. The average molecular weight is 254 g/mol. The molecule has 1 heterocycles. The van der Waals surface area contributed by atoms with Gasteiger partial charge in [-0.05, 0) is 57.8 Å². The third-order valence-corrected chi connectivity index (χ3v) is 4.80. The van der Waals surface area contributed by atoms with Gasteiger partial charge in [0.1, 0.15) is 0 Å². The van der Waals surface area contributed by atoms with Gasteiger partial charge in [-0.1, -0.05) is 26.2 Å². The molecule has 2 N–H and O–H groups in total. The minimum Gasteiger partial charge on any atom is -0.392 e. The molecule has 0 aromatic carbocycles. The van der Waals surface area contributed by atoms with Crippen LogP contribution in [0.2, 0.25) is 0 Å². The van der Waals surface area contributed by atoms with Crippen molar-refractivity contribution in [1.82, 2.24) is 10.2 Å². The molecule has 1 aliphatic heterocycles. The number of hydrogen-bond donors (Lipinski definition) is 2. The van der Waals surface area contributed by atoms with E-state index in [2.05, 4.69) is 17.1 Å². The summed E-state index contributed by atoms with van der Waals surface area (Å²) in [4.78, 5) is 2.54. The molecule has 2 aliphatic rings. The molecule has 0 bridgehead atoms. The molecule has 1 saturated carbocycles. The van der Waals surface area contributed by atoms with E-state index in [1.807, 2.05) is 0 Å². The molecular formula is C15H30N2O. The first-order valence-electron chi connectivity index (χ1n) is 7.93. The summed E-state index contributed by atoms with van der Waals surface area (Å²) in [5, 5.41) is 13.7. The Kier molecular flexibility index (Phi) is 5.93. The van der Waals surface area contributed by atoms with Crippen molar-refractivity contribution in [3.8, 4) is 0 Å². The predicted molar refractivity (Wildman–Crippen MR) is 75.7 cm³/mol. The quantitative estimate of drug-likeness (QED) is 0.753. The Morgan fingerprint density at radius 2 is 1.78 bits per heavy atom. The maximum absolute atomic E-state index is 10.1. The van der Waals surface area contributed by atoms with E-state index in [9.17, 15) is 5.11 Å². The van der Waals surface area contributed by atoms with E-state index in [0.717, 1.165) is 25.3 Å². The number of likely N-dealkylation sites (tertiary alicyclic amines) is 1. The zero-order chi connectivity index (χ0) is 12.8. The van der Waals surface area contributed by atoms with Crippen molar-refractivity contribution in [3.63, 3.8) is 0 Å². The zero-order valence-corrected chi connectivity index (χ0v) is 11.9. The molecule has 2 unspecified atom stereocenters. The van der Waals surface area contributed by atoms with Crippen LogP contribution in [-0.4, -0.2) is 48.3 Å². The molecule has 0 radical (unpaired) electrons. The van der Waals surface area contributed by atoms with Gasteiger partial charge in [-0.3, -0.25) is 0 Å². The van der Waals surface area contributed by atoms with Gasteiger partial charge in [0.15, 0.2) is 0 Å². The first kappa shape index (κ1) is 14.3. The summed E-state index contributed by atoms with van der Waals surface area (Å²) < 4.78 is 0. The minimum atomic E-state index is -0.108. The molecular weight excluding hydrogens is 224 g/mol.